The smallest absolute Gasteiger partial charge is 0.368 e. The van der Waals surface area contributed by atoms with Crippen LogP contribution in [0.1, 0.15) is 24.5 Å². The van der Waals surface area contributed by atoms with Crippen molar-refractivity contribution in [1.29, 1.82) is 0 Å². The van der Waals surface area contributed by atoms with Crippen LogP contribution >= 0.6 is 19.0 Å². The van der Waals surface area contributed by atoms with Gasteiger partial charge in [-0.05, 0) is 12.8 Å². The lowest BCUT2D eigenvalue weighted by atomic mass is 10.1. The first-order valence-electron chi connectivity index (χ1n) is 6.24. The van der Waals surface area contributed by atoms with Crippen molar-refractivity contribution in [3.05, 3.63) is 18.1 Å². The minimum Gasteiger partial charge on any atom is -0.368 e. The minimum absolute atomic E-state index is 0.0180. The lowest BCUT2D eigenvalue weighted by Crippen LogP contribution is -2.13. The van der Waals surface area contributed by atoms with E-state index in [1.165, 1.54) is 10.8 Å². The number of hydrogen-bond donors (Lipinski definition) is 3. The van der Waals surface area contributed by atoms with Gasteiger partial charge in [-0.3, -0.25) is 4.52 Å². The molecule has 3 heterocycles. The third-order valence-electron chi connectivity index (χ3n) is 3.24. The normalized spacial score (nSPS) is 25.2. The van der Waals surface area contributed by atoms with Crippen molar-refractivity contribution in [3.8, 4) is 0 Å². The van der Waals surface area contributed by atoms with Gasteiger partial charge in [0.1, 0.15) is 6.33 Å². The average Bonchev–Trinajstić information content (AvgIpc) is 3.02. The van der Waals surface area contributed by atoms with Gasteiger partial charge in [0, 0.05) is 5.56 Å². The first-order chi connectivity index (χ1) is 9.94. The molecule has 0 radical (unpaired) electrons. The second-order valence-corrected chi connectivity index (χ2v) is 7.43. The van der Waals surface area contributed by atoms with Crippen LogP contribution in [0.3, 0.4) is 0 Å². The predicted octanol–water partition coefficient (Wildman–Crippen LogP) is 0.973. The molecule has 0 saturated carbocycles. The fourth-order valence-electron chi connectivity index (χ4n) is 2.31. The van der Waals surface area contributed by atoms with Crippen molar-refractivity contribution in [2.45, 2.75) is 25.0 Å². The molecule has 3 atom stereocenters. The van der Waals surface area contributed by atoms with Gasteiger partial charge in [0.2, 0.25) is 5.95 Å². The van der Waals surface area contributed by atoms with Crippen LogP contribution in [-0.2, 0) is 13.8 Å². The van der Waals surface area contributed by atoms with Crippen LogP contribution in [0.15, 0.2) is 12.5 Å². The van der Waals surface area contributed by atoms with Crippen LogP contribution in [0.4, 0.5) is 5.95 Å². The largest absolute Gasteiger partial charge is 0.383 e. The Balaban J connectivity index is 1.73. The fourth-order valence-corrected chi connectivity index (χ4v) is 2.87. The van der Waals surface area contributed by atoms with Gasteiger partial charge in [-0.15, -0.1) is 0 Å². The van der Waals surface area contributed by atoms with E-state index in [9.17, 15) is 4.57 Å². The minimum atomic E-state index is -3.78. The Bertz CT molecular complexity index is 704. The van der Waals surface area contributed by atoms with Crippen LogP contribution in [0.2, 0.25) is 0 Å². The zero-order chi connectivity index (χ0) is 15.0. The summed E-state index contributed by atoms with van der Waals surface area (Å²) in [6.45, 7) is -3.76. The van der Waals surface area contributed by atoms with E-state index < -0.39 is 6.80 Å². The Morgan fingerprint density at radius 2 is 2.38 bits per heavy atom. The summed E-state index contributed by atoms with van der Waals surface area (Å²) in [6.07, 6.45) is 3.98. The summed E-state index contributed by atoms with van der Waals surface area (Å²) in [7, 11) is 0. The highest BCUT2D eigenvalue weighted by Gasteiger charge is 2.30. The van der Waals surface area contributed by atoms with Gasteiger partial charge in [0.15, 0.2) is 5.65 Å². The monoisotopic (exact) mass is 331 g/mol. The van der Waals surface area contributed by atoms with Gasteiger partial charge in [-0.1, -0.05) is 12.2 Å². The molecule has 0 amide bonds. The molecule has 2 aromatic rings. The molecule has 9 nitrogen and oxygen atoms in total. The summed E-state index contributed by atoms with van der Waals surface area (Å²) in [6, 6.07) is 0. The summed E-state index contributed by atoms with van der Waals surface area (Å²) >= 11 is 3.46. The molecule has 0 aromatic carbocycles. The summed E-state index contributed by atoms with van der Waals surface area (Å²) in [5.74, 6) is 0.250. The van der Waals surface area contributed by atoms with E-state index in [1.807, 2.05) is 0 Å². The molecule has 3 N–H and O–H groups in total. The molecule has 1 aliphatic rings. The van der Waals surface area contributed by atoms with Gasteiger partial charge >= 0.3 is 6.80 Å². The first-order valence-corrected chi connectivity index (χ1v) is 8.97. The highest BCUT2D eigenvalue weighted by molar-refractivity contribution is 8.44. The zero-order valence-electron chi connectivity index (χ0n) is 10.9. The molecule has 2 aromatic heterocycles. The maximum absolute atomic E-state index is 11.0. The molecular formula is C10H14N5O4PS. The van der Waals surface area contributed by atoms with Gasteiger partial charge < -0.3 is 15.4 Å². The number of hydrogen-bond acceptors (Lipinski definition) is 7. The van der Waals surface area contributed by atoms with Gasteiger partial charge in [0.05, 0.1) is 25.0 Å². The number of anilines is 1. The Morgan fingerprint density at radius 3 is 3.14 bits per heavy atom. The molecule has 0 aliphatic carbocycles. The molecule has 114 valence electrons. The molecule has 1 aliphatic heterocycles. The lowest BCUT2D eigenvalue weighted by Gasteiger charge is -2.13. The van der Waals surface area contributed by atoms with Crippen LogP contribution in [0.5, 0.6) is 0 Å². The zero-order valence-corrected chi connectivity index (χ0v) is 12.7. The summed E-state index contributed by atoms with van der Waals surface area (Å²) in [5.41, 5.74) is 7.12. The molecular weight excluding hydrogens is 317 g/mol. The Labute approximate surface area is 125 Å². The summed E-state index contributed by atoms with van der Waals surface area (Å²) in [4.78, 5) is 17.0. The maximum Gasteiger partial charge on any atom is 0.383 e. The van der Waals surface area contributed by atoms with Crippen LogP contribution < -0.4 is 5.73 Å². The van der Waals surface area contributed by atoms with Crippen molar-refractivity contribution in [3.63, 3.8) is 0 Å². The van der Waals surface area contributed by atoms with E-state index in [0.29, 0.717) is 12.1 Å². The van der Waals surface area contributed by atoms with E-state index in [2.05, 4.69) is 27.3 Å². The first kappa shape index (κ1) is 14.7. The Hall–Kier alpha value is -1.19. The topological polar surface area (TPSA) is 125 Å². The second kappa shape index (κ2) is 5.54. The number of nitrogens with zero attached hydrogens (tertiary/aromatic N) is 4. The van der Waals surface area contributed by atoms with Crippen molar-refractivity contribution >= 4 is 30.6 Å². The Kier molecular flexibility index (Phi) is 3.89. The second-order valence-electron chi connectivity index (χ2n) is 4.68. The Morgan fingerprint density at radius 1 is 1.57 bits per heavy atom. The molecule has 1 saturated heterocycles. The molecule has 1 fully saturated rings. The van der Waals surface area contributed by atoms with E-state index in [0.717, 1.165) is 12.0 Å². The number of rotatable bonds is 4. The average molecular weight is 331 g/mol. The predicted molar refractivity (Wildman–Crippen MR) is 76.8 cm³/mol. The van der Waals surface area contributed by atoms with Crippen LogP contribution in [0.25, 0.3) is 5.65 Å². The number of fused-ring (bicyclic) bond motifs is 1. The van der Waals surface area contributed by atoms with Gasteiger partial charge in [-0.25, -0.2) is 14.5 Å². The van der Waals surface area contributed by atoms with Gasteiger partial charge in [0.25, 0.3) is 0 Å². The van der Waals surface area contributed by atoms with Gasteiger partial charge in [-0.2, -0.15) is 9.61 Å². The maximum atomic E-state index is 11.0. The number of aromatic nitrogens is 4. The molecule has 3 rings (SSSR count). The molecule has 11 heteroatoms. The highest BCUT2D eigenvalue weighted by atomic mass is 32.7. The number of nitrogen functional groups attached to an aromatic ring is 1. The number of ether oxygens (including phenoxy) is 1. The van der Waals surface area contributed by atoms with E-state index in [4.69, 9.17) is 19.9 Å². The molecule has 1 unspecified atom stereocenters. The SMILES string of the molecule is Nc1ncnc2c([C@H]3CC[C@@H](COP(=O)(O)S)O3)cnn12. The van der Waals surface area contributed by atoms with E-state index in [-0.39, 0.29) is 24.8 Å². The van der Waals surface area contributed by atoms with Crippen molar-refractivity contribution in [2.24, 2.45) is 0 Å². The van der Waals surface area contributed by atoms with Crippen LogP contribution in [-0.4, -0.2) is 37.2 Å². The standard InChI is InChI=1S/C10H14N5O4PS/c11-10-13-5-12-9-7(3-14-15(9)10)8-2-1-6(19-8)4-18-20(16,17)21/h3,5-6,8H,1-2,4H2,(H2,11,12,13)(H2,16,17,21)/t6-,8+/m0/s1. The molecule has 0 spiro atoms. The van der Waals surface area contributed by atoms with E-state index in [1.54, 1.807) is 6.20 Å². The number of thiol groups is 1. The molecule has 0 bridgehead atoms. The van der Waals surface area contributed by atoms with Crippen molar-refractivity contribution in [2.75, 3.05) is 12.3 Å². The third-order valence-corrected chi connectivity index (χ3v) is 4.07. The highest BCUT2D eigenvalue weighted by Crippen LogP contribution is 2.47. The summed E-state index contributed by atoms with van der Waals surface area (Å²) in [5, 5.41) is 4.13. The lowest BCUT2D eigenvalue weighted by molar-refractivity contribution is 0.0166. The van der Waals surface area contributed by atoms with E-state index >= 15 is 0 Å². The fraction of sp³-hybridized carbons (Fsp3) is 0.500. The van der Waals surface area contributed by atoms with Crippen LogP contribution in [0, 0.1) is 0 Å². The number of nitrogens with two attached hydrogens (primary N) is 1. The molecule has 21 heavy (non-hydrogen) atoms. The summed E-state index contributed by atoms with van der Waals surface area (Å²) < 4.78 is 23.0. The quantitative estimate of drug-likeness (QED) is 0.559. The third kappa shape index (κ3) is 3.19. The van der Waals surface area contributed by atoms with Crippen molar-refractivity contribution in [1.82, 2.24) is 19.6 Å². The van der Waals surface area contributed by atoms with Crippen molar-refractivity contribution < 1.29 is 18.7 Å².